The van der Waals surface area contributed by atoms with E-state index in [0.29, 0.717) is 35.5 Å². The molecule has 1 amide bonds. The number of hydrogen-bond acceptors (Lipinski definition) is 4. The first kappa shape index (κ1) is 21.4. The summed E-state index contributed by atoms with van der Waals surface area (Å²) in [6.07, 6.45) is 4.25. The average Bonchev–Trinajstić information content (AvgIpc) is 3.10. The number of piperidine rings is 1. The molecule has 29 heavy (non-hydrogen) atoms. The predicted molar refractivity (Wildman–Crippen MR) is 116 cm³/mol. The Morgan fingerprint density at radius 3 is 2.62 bits per heavy atom. The highest BCUT2D eigenvalue weighted by atomic mass is 16.5. The number of aromatic nitrogens is 2. The van der Waals surface area contributed by atoms with Gasteiger partial charge in [0.05, 0.1) is 12.7 Å². The van der Waals surface area contributed by atoms with Crippen LogP contribution in [0.1, 0.15) is 44.0 Å². The number of hydrogen-bond donors (Lipinski definition) is 1. The molecule has 2 aromatic rings. The zero-order valence-electron chi connectivity index (χ0n) is 18.3. The van der Waals surface area contributed by atoms with Gasteiger partial charge in [0, 0.05) is 31.4 Å². The summed E-state index contributed by atoms with van der Waals surface area (Å²) in [7, 11) is 3.47. The van der Waals surface area contributed by atoms with Gasteiger partial charge in [-0.2, -0.15) is 5.10 Å². The van der Waals surface area contributed by atoms with Crippen LogP contribution in [0.4, 0.5) is 0 Å². The number of ether oxygens (including phenoxy) is 1. The SMILES string of the molecule is COc1ccccc1-c1nn(C)cc1C(=O)NCC(C(C)C)N1CCC(C)CC1. The quantitative estimate of drug-likeness (QED) is 0.774. The lowest BCUT2D eigenvalue weighted by Gasteiger charge is -2.38. The molecule has 1 aromatic carbocycles. The Kier molecular flexibility index (Phi) is 6.96. The van der Waals surface area contributed by atoms with Crippen LogP contribution in [0.25, 0.3) is 11.3 Å². The van der Waals surface area contributed by atoms with Crippen LogP contribution in [0.5, 0.6) is 5.75 Å². The summed E-state index contributed by atoms with van der Waals surface area (Å²) >= 11 is 0. The van der Waals surface area contributed by atoms with Gasteiger partial charge >= 0.3 is 0 Å². The summed E-state index contributed by atoms with van der Waals surface area (Å²) in [5, 5.41) is 7.71. The van der Waals surface area contributed by atoms with E-state index in [1.54, 1.807) is 18.0 Å². The third kappa shape index (κ3) is 4.99. The Balaban J connectivity index is 1.75. The zero-order valence-corrected chi connectivity index (χ0v) is 18.3. The molecule has 0 spiro atoms. The van der Waals surface area contributed by atoms with Gasteiger partial charge < -0.3 is 10.1 Å². The molecule has 1 fully saturated rings. The summed E-state index contributed by atoms with van der Waals surface area (Å²) in [4.78, 5) is 15.6. The van der Waals surface area contributed by atoms with Crippen LogP contribution in [0, 0.1) is 11.8 Å². The molecule has 2 heterocycles. The van der Waals surface area contributed by atoms with Crippen molar-refractivity contribution in [2.75, 3.05) is 26.7 Å². The molecular formula is C23H34N4O2. The number of benzene rings is 1. The summed E-state index contributed by atoms with van der Waals surface area (Å²) in [5.41, 5.74) is 2.05. The molecular weight excluding hydrogens is 364 g/mol. The molecule has 6 heteroatoms. The van der Waals surface area contributed by atoms with E-state index in [1.807, 2.05) is 31.3 Å². The molecule has 3 rings (SSSR count). The minimum absolute atomic E-state index is 0.0879. The van der Waals surface area contributed by atoms with Crippen LogP contribution >= 0.6 is 0 Å². The first-order valence-corrected chi connectivity index (χ1v) is 10.6. The number of nitrogens with one attached hydrogen (secondary N) is 1. The van der Waals surface area contributed by atoms with Gasteiger partial charge in [-0.15, -0.1) is 0 Å². The monoisotopic (exact) mass is 398 g/mol. The summed E-state index contributed by atoms with van der Waals surface area (Å²) in [6, 6.07) is 8.01. The van der Waals surface area contributed by atoms with E-state index in [1.165, 1.54) is 12.8 Å². The number of aryl methyl sites for hydroxylation is 1. The molecule has 0 bridgehead atoms. The number of carbonyl (C=O) groups excluding carboxylic acids is 1. The Morgan fingerprint density at radius 1 is 1.28 bits per heavy atom. The van der Waals surface area contributed by atoms with Crippen molar-refractivity contribution >= 4 is 5.91 Å². The van der Waals surface area contributed by atoms with Crippen LogP contribution in [-0.4, -0.2) is 53.4 Å². The largest absolute Gasteiger partial charge is 0.496 e. The number of nitrogens with zero attached hydrogens (tertiary/aromatic N) is 3. The van der Waals surface area contributed by atoms with E-state index in [-0.39, 0.29) is 5.91 Å². The second kappa shape index (κ2) is 9.44. The maximum Gasteiger partial charge on any atom is 0.255 e. The first-order valence-electron chi connectivity index (χ1n) is 10.6. The highest BCUT2D eigenvalue weighted by Crippen LogP contribution is 2.31. The molecule has 1 saturated heterocycles. The van der Waals surface area contributed by atoms with Crippen molar-refractivity contribution in [2.45, 2.75) is 39.7 Å². The highest BCUT2D eigenvalue weighted by Gasteiger charge is 2.27. The molecule has 1 aromatic heterocycles. The fraction of sp³-hybridized carbons (Fsp3) is 0.565. The van der Waals surface area contributed by atoms with Crippen LogP contribution in [0.15, 0.2) is 30.5 Å². The van der Waals surface area contributed by atoms with E-state index in [4.69, 9.17) is 4.74 Å². The molecule has 1 atom stereocenters. The van der Waals surface area contributed by atoms with Crippen molar-refractivity contribution in [1.82, 2.24) is 20.0 Å². The average molecular weight is 399 g/mol. The van der Waals surface area contributed by atoms with Crippen molar-refractivity contribution in [3.8, 4) is 17.0 Å². The van der Waals surface area contributed by atoms with Gasteiger partial charge in [-0.1, -0.05) is 32.9 Å². The molecule has 0 saturated carbocycles. The zero-order chi connectivity index (χ0) is 21.0. The van der Waals surface area contributed by atoms with E-state index in [0.717, 1.165) is 24.6 Å². The van der Waals surface area contributed by atoms with Gasteiger partial charge in [-0.25, -0.2) is 0 Å². The molecule has 158 valence electrons. The lowest BCUT2D eigenvalue weighted by atomic mass is 9.94. The molecule has 0 aliphatic carbocycles. The number of carbonyl (C=O) groups is 1. The third-order valence-electron chi connectivity index (χ3n) is 5.96. The molecule has 6 nitrogen and oxygen atoms in total. The van der Waals surface area contributed by atoms with Crippen molar-refractivity contribution in [1.29, 1.82) is 0 Å². The third-order valence-corrected chi connectivity index (χ3v) is 5.96. The lowest BCUT2D eigenvalue weighted by molar-refractivity contribution is 0.0863. The second-order valence-corrected chi connectivity index (χ2v) is 8.51. The highest BCUT2D eigenvalue weighted by molar-refractivity contribution is 6.00. The van der Waals surface area contributed by atoms with E-state index < -0.39 is 0 Å². The van der Waals surface area contributed by atoms with Crippen molar-refractivity contribution < 1.29 is 9.53 Å². The minimum atomic E-state index is -0.0879. The Bertz CT molecular complexity index is 822. The van der Waals surface area contributed by atoms with E-state index in [2.05, 4.69) is 36.1 Å². The van der Waals surface area contributed by atoms with Gasteiger partial charge in [-0.3, -0.25) is 14.4 Å². The van der Waals surface area contributed by atoms with Crippen LogP contribution in [0.3, 0.4) is 0 Å². The summed E-state index contributed by atoms with van der Waals surface area (Å²) < 4.78 is 7.16. The number of likely N-dealkylation sites (tertiary alicyclic amines) is 1. The van der Waals surface area contributed by atoms with Gasteiger partial charge in [0.2, 0.25) is 0 Å². The smallest absolute Gasteiger partial charge is 0.255 e. The molecule has 1 aliphatic rings. The number of para-hydroxylation sites is 1. The van der Waals surface area contributed by atoms with Crippen LogP contribution in [-0.2, 0) is 7.05 Å². The first-order chi connectivity index (χ1) is 13.9. The van der Waals surface area contributed by atoms with Crippen LogP contribution in [0.2, 0.25) is 0 Å². The van der Waals surface area contributed by atoms with Gasteiger partial charge in [0.25, 0.3) is 5.91 Å². The van der Waals surface area contributed by atoms with E-state index in [9.17, 15) is 4.79 Å². The van der Waals surface area contributed by atoms with Crippen LogP contribution < -0.4 is 10.1 Å². The molecule has 0 radical (unpaired) electrons. The van der Waals surface area contributed by atoms with Crippen molar-refractivity contribution in [2.24, 2.45) is 18.9 Å². The maximum absolute atomic E-state index is 13.1. The molecule has 1 unspecified atom stereocenters. The fourth-order valence-electron chi connectivity index (χ4n) is 4.13. The predicted octanol–water partition coefficient (Wildman–Crippen LogP) is 3.58. The van der Waals surface area contributed by atoms with Gasteiger partial charge in [0.1, 0.15) is 11.4 Å². The Hall–Kier alpha value is -2.34. The second-order valence-electron chi connectivity index (χ2n) is 8.51. The van der Waals surface area contributed by atoms with Crippen molar-refractivity contribution in [3.63, 3.8) is 0 Å². The normalized spacial score (nSPS) is 16.8. The molecule has 1 aliphatic heterocycles. The Labute approximate surface area is 174 Å². The summed E-state index contributed by atoms with van der Waals surface area (Å²) in [5.74, 6) is 1.90. The lowest BCUT2D eigenvalue weighted by Crippen LogP contribution is -2.49. The summed E-state index contributed by atoms with van der Waals surface area (Å²) in [6.45, 7) is 9.66. The maximum atomic E-state index is 13.1. The standard InChI is InChI=1S/C23H34N4O2/c1-16(2)20(27-12-10-17(3)11-13-27)14-24-23(28)19-15-26(4)25-22(19)18-8-6-7-9-21(18)29-5/h6-9,15-17,20H,10-14H2,1-5H3,(H,24,28). The number of amides is 1. The minimum Gasteiger partial charge on any atom is -0.496 e. The fourth-order valence-corrected chi connectivity index (χ4v) is 4.13. The topological polar surface area (TPSA) is 59.4 Å². The van der Waals surface area contributed by atoms with Crippen molar-refractivity contribution in [3.05, 3.63) is 36.0 Å². The van der Waals surface area contributed by atoms with Gasteiger partial charge in [-0.05, 0) is 49.9 Å². The Morgan fingerprint density at radius 2 is 1.97 bits per heavy atom. The molecule has 1 N–H and O–H groups in total. The van der Waals surface area contributed by atoms with E-state index >= 15 is 0 Å². The van der Waals surface area contributed by atoms with Gasteiger partial charge in [0.15, 0.2) is 0 Å². The number of rotatable bonds is 7. The number of methoxy groups -OCH3 is 1.